The van der Waals surface area contributed by atoms with E-state index in [2.05, 4.69) is 41.1 Å². The van der Waals surface area contributed by atoms with Gasteiger partial charge in [-0.15, -0.1) is 0 Å². The van der Waals surface area contributed by atoms with Crippen molar-refractivity contribution in [3.63, 3.8) is 0 Å². The Bertz CT molecular complexity index is 1000. The van der Waals surface area contributed by atoms with Crippen molar-refractivity contribution in [1.82, 2.24) is 14.9 Å². The summed E-state index contributed by atoms with van der Waals surface area (Å²) >= 11 is 0. The van der Waals surface area contributed by atoms with Gasteiger partial charge in [-0.25, -0.2) is 4.98 Å². The highest BCUT2D eigenvalue weighted by atomic mass is 16.5. The molecule has 1 heterocycles. The first-order valence-electron chi connectivity index (χ1n) is 11.3. The van der Waals surface area contributed by atoms with Crippen molar-refractivity contribution >= 4 is 16.9 Å². The lowest BCUT2D eigenvalue weighted by atomic mass is 9.96. The molecule has 1 aromatic heterocycles. The third-order valence-corrected chi connectivity index (χ3v) is 5.40. The summed E-state index contributed by atoms with van der Waals surface area (Å²) in [6.45, 7) is 10.2. The fourth-order valence-corrected chi connectivity index (χ4v) is 3.55. The molecule has 0 fully saturated rings. The number of carbonyl (C=O) groups is 1. The molecule has 0 aliphatic carbocycles. The number of fused-ring (bicyclic) bond motifs is 1. The van der Waals surface area contributed by atoms with Crippen molar-refractivity contribution in [1.29, 1.82) is 0 Å². The average Bonchev–Trinajstić information content (AvgIpc) is 3.09. The lowest BCUT2D eigenvalue weighted by Gasteiger charge is -2.17. The summed E-state index contributed by atoms with van der Waals surface area (Å²) in [5.41, 5.74) is 3.03. The van der Waals surface area contributed by atoms with Crippen LogP contribution in [0.1, 0.15) is 51.4 Å². The van der Waals surface area contributed by atoms with Gasteiger partial charge in [0.25, 0.3) is 0 Å². The van der Waals surface area contributed by atoms with E-state index in [1.807, 2.05) is 45.0 Å². The molecule has 5 nitrogen and oxygen atoms in total. The van der Waals surface area contributed by atoms with E-state index in [9.17, 15) is 4.79 Å². The summed E-state index contributed by atoms with van der Waals surface area (Å²) in [7, 11) is 0. The predicted octanol–water partition coefficient (Wildman–Crippen LogP) is 5.30. The zero-order valence-electron chi connectivity index (χ0n) is 19.3. The van der Waals surface area contributed by atoms with Gasteiger partial charge in [-0.1, -0.05) is 51.1 Å². The summed E-state index contributed by atoms with van der Waals surface area (Å²) < 4.78 is 8.27. The standard InChI is InChI=1S/C26H35N3O2/c1-20-12-5-8-15-23(20)31-19-10-9-18-29-22-14-7-6-13-21(22)28-24(29)16-11-17-27-25(30)26(2,3)4/h5-8,12-15H,9-11,16-19H2,1-4H3,(H,27,30). The summed E-state index contributed by atoms with van der Waals surface area (Å²) in [5.74, 6) is 2.15. The second kappa shape index (κ2) is 10.5. The second-order valence-corrected chi connectivity index (χ2v) is 9.10. The van der Waals surface area contributed by atoms with Gasteiger partial charge in [0.1, 0.15) is 11.6 Å². The summed E-state index contributed by atoms with van der Waals surface area (Å²) in [6, 6.07) is 16.4. The summed E-state index contributed by atoms with van der Waals surface area (Å²) in [6.07, 6.45) is 3.74. The van der Waals surface area contributed by atoms with E-state index in [0.29, 0.717) is 13.2 Å². The molecule has 166 valence electrons. The van der Waals surface area contributed by atoms with Gasteiger partial charge in [0.05, 0.1) is 17.6 Å². The Kier molecular flexibility index (Phi) is 7.72. The molecule has 0 bridgehead atoms. The molecular weight excluding hydrogens is 386 g/mol. The Balaban J connectivity index is 1.54. The lowest BCUT2D eigenvalue weighted by Crippen LogP contribution is -2.35. The number of nitrogens with one attached hydrogen (secondary N) is 1. The van der Waals surface area contributed by atoms with Crippen LogP contribution in [0, 0.1) is 12.3 Å². The van der Waals surface area contributed by atoms with Crippen LogP contribution >= 0.6 is 0 Å². The molecular formula is C26H35N3O2. The van der Waals surface area contributed by atoms with Crippen LogP contribution < -0.4 is 10.1 Å². The Morgan fingerprint density at radius 3 is 2.55 bits per heavy atom. The van der Waals surface area contributed by atoms with E-state index in [4.69, 9.17) is 9.72 Å². The van der Waals surface area contributed by atoms with E-state index >= 15 is 0 Å². The van der Waals surface area contributed by atoms with Crippen LogP contribution in [0.3, 0.4) is 0 Å². The molecule has 2 aromatic carbocycles. The third kappa shape index (κ3) is 6.33. The van der Waals surface area contributed by atoms with Crippen LogP contribution in [-0.4, -0.2) is 28.6 Å². The van der Waals surface area contributed by atoms with Gasteiger partial charge in [-0.3, -0.25) is 4.79 Å². The van der Waals surface area contributed by atoms with Crippen LogP contribution in [-0.2, 0) is 17.8 Å². The molecule has 1 amide bonds. The molecule has 0 aliphatic rings. The Morgan fingerprint density at radius 2 is 1.77 bits per heavy atom. The van der Waals surface area contributed by atoms with Gasteiger partial charge in [-0.05, 0) is 49.9 Å². The number of nitrogens with zero attached hydrogens (tertiary/aromatic N) is 2. The van der Waals surface area contributed by atoms with Crippen LogP contribution in [0.4, 0.5) is 0 Å². The van der Waals surface area contributed by atoms with Crippen molar-refractivity contribution in [3.05, 3.63) is 59.9 Å². The summed E-state index contributed by atoms with van der Waals surface area (Å²) in [4.78, 5) is 16.9. The van der Waals surface area contributed by atoms with Gasteiger partial charge in [0, 0.05) is 24.9 Å². The fraction of sp³-hybridized carbons (Fsp3) is 0.462. The van der Waals surface area contributed by atoms with Crippen molar-refractivity contribution in [2.75, 3.05) is 13.2 Å². The number of carbonyl (C=O) groups excluding carboxylic acids is 1. The first-order valence-corrected chi connectivity index (χ1v) is 11.3. The smallest absolute Gasteiger partial charge is 0.225 e. The van der Waals surface area contributed by atoms with Crippen LogP contribution in [0.2, 0.25) is 0 Å². The Hall–Kier alpha value is -2.82. The minimum Gasteiger partial charge on any atom is -0.493 e. The number of aryl methyl sites for hydroxylation is 3. The number of imidazole rings is 1. The van der Waals surface area contributed by atoms with Gasteiger partial charge >= 0.3 is 0 Å². The molecule has 3 rings (SSSR count). The minimum atomic E-state index is -0.354. The molecule has 0 aliphatic heterocycles. The zero-order chi connectivity index (χ0) is 22.3. The van der Waals surface area contributed by atoms with Crippen molar-refractivity contribution < 1.29 is 9.53 Å². The van der Waals surface area contributed by atoms with Gasteiger partial charge < -0.3 is 14.6 Å². The highest BCUT2D eigenvalue weighted by Gasteiger charge is 2.20. The van der Waals surface area contributed by atoms with Gasteiger partial charge in [-0.2, -0.15) is 0 Å². The Labute approximate surface area is 185 Å². The number of para-hydroxylation sites is 3. The lowest BCUT2D eigenvalue weighted by molar-refractivity contribution is -0.128. The predicted molar refractivity (Wildman–Crippen MR) is 126 cm³/mol. The molecule has 0 saturated heterocycles. The number of ether oxygens (including phenoxy) is 1. The topological polar surface area (TPSA) is 56.1 Å². The largest absolute Gasteiger partial charge is 0.493 e. The molecule has 3 aromatic rings. The van der Waals surface area contributed by atoms with Crippen LogP contribution in [0.5, 0.6) is 5.75 Å². The number of rotatable bonds is 10. The molecule has 0 spiro atoms. The fourth-order valence-electron chi connectivity index (χ4n) is 3.55. The molecule has 5 heteroatoms. The second-order valence-electron chi connectivity index (χ2n) is 9.10. The number of amides is 1. The van der Waals surface area contributed by atoms with Crippen LogP contribution in [0.15, 0.2) is 48.5 Å². The highest BCUT2D eigenvalue weighted by molar-refractivity contribution is 5.81. The zero-order valence-corrected chi connectivity index (χ0v) is 19.3. The monoisotopic (exact) mass is 421 g/mol. The van der Waals surface area contributed by atoms with E-state index in [1.165, 1.54) is 11.1 Å². The molecule has 0 unspecified atom stereocenters. The summed E-state index contributed by atoms with van der Waals surface area (Å²) in [5, 5.41) is 3.03. The van der Waals surface area contributed by atoms with Crippen molar-refractivity contribution in [2.45, 2.75) is 59.9 Å². The van der Waals surface area contributed by atoms with Gasteiger partial charge in [0.2, 0.25) is 5.91 Å². The molecule has 0 saturated carbocycles. The SMILES string of the molecule is Cc1ccccc1OCCCCn1c(CCCNC(=O)C(C)(C)C)nc2ccccc21. The first-order chi connectivity index (χ1) is 14.9. The Morgan fingerprint density at radius 1 is 1.03 bits per heavy atom. The maximum Gasteiger partial charge on any atom is 0.225 e. The molecule has 31 heavy (non-hydrogen) atoms. The van der Waals surface area contributed by atoms with Crippen LogP contribution in [0.25, 0.3) is 11.0 Å². The third-order valence-electron chi connectivity index (χ3n) is 5.40. The first kappa shape index (κ1) is 22.9. The van der Waals surface area contributed by atoms with E-state index in [-0.39, 0.29) is 11.3 Å². The quantitative estimate of drug-likeness (QED) is 0.452. The van der Waals surface area contributed by atoms with Crippen molar-refractivity contribution in [3.8, 4) is 5.75 Å². The molecule has 0 atom stereocenters. The number of hydrogen-bond acceptors (Lipinski definition) is 3. The number of benzene rings is 2. The molecule has 1 N–H and O–H groups in total. The number of aromatic nitrogens is 2. The van der Waals surface area contributed by atoms with E-state index in [1.54, 1.807) is 0 Å². The number of unbranched alkanes of at least 4 members (excludes halogenated alkanes) is 1. The van der Waals surface area contributed by atoms with Crippen molar-refractivity contribution in [2.24, 2.45) is 5.41 Å². The normalized spacial score (nSPS) is 11.6. The minimum absolute atomic E-state index is 0.0923. The van der Waals surface area contributed by atoms with Gasteiger partial charge in [0.15, 0.2) is 0 Å². The average molecular weight is 422 g/mol. The maximum atomic E-state index is 12.1. The highest BCUT2D eigenvalue weighted by Crippen LogP contribution is 2.19. The molecule has 0 radical (unpaired) electrons. The van der Waals surface area contributed by atoms with E-state index in [0.717, 1.165) is 49.3 Å². The maximum absolute atomic E-state index is 12.1. The number of hydrogen-bond donors (Lipinski definition) is 1. The van der Waals surface area contributed by atoms with E-state index < -0.39 is 0 Å².